The molecule has 3 N–H and O–H groups in total. The van der Waals surface area contributed by atoms with Crippen LogP contribution < -0.4 is 10.5 Å². The van der Waals surface area contributed by atoms with E-state index in [0.29, 0.717) is 18.5 Å². The molecule has 0 aliphatic carbocycles. The minimum absolute atomic E-state index is 0.0232. The van der Waals surface area contributed by atoms with E-state index < -0.39 is 14.9 Å². The molecule has 27 heavy (non-hydrogen) atoms. The van der Waals surface area contributed by atoms with Gasteiger partial charge < -0.3 is 5.32 Å². The van der Waals surface area contributed by atoms with Crippen LogP contribution in [0.5, 0.6) is 0 Å². The van der Waals surface area contributed by atoms with Crippen molar-refractivity contribution in [1.82, 2.24) is 5.32 Å². The van der Waals surface area contributed by atoms with E-state index in [2.05, 4.69) is 5.32 Å². The molecule has 142 valence electrons. The third-order valence-corrected chi connectivity index (χ3v) is 4.81. The summed E-state index contributed by atoms with van der Waals surface area (Å²) >= 11 is 5.73. The van der Waals surface area contributed by atoms with Gasteiger partial charge in [-0.2, -0.15) is 0 Å². The first kappa shape index (κ1) is 20.6. The van der Waals surface area contributed by atoms with Crippen molar-refractivity contribution in [3.63, 3.8) is 0 Å². The third-order valence-electron chi connectivity index (χ3n) is 3.56. The molecule has 1 amide bonds. The van der Waals surface area contributed by atoms with Crippen LogP contribution in [-0.4, -0.2) is 25.8 Å². The number of carbonyl (C=O) groups excluding carboxylic acids is 1. The molecule has 0 saturated carbocycles. The summed E-state index contributed by atoms with van der Waals surface area (Å²) in [6.45, 7) is 0.332. The number of nitro benzene ring substituents is 1. The van der Waals surface area contributed by atoms with Gasteiger partial charge in [-0.15, -0.1) is 0 Å². The molecule has 8 nitrogen and oxygen atoms in total. The molecule has 0 atom stereocenters. The van der Waals surface area contributed by atoms with Gasteiger partial charge in [-0.1, -0.05) is 29.8 Å². The molecule has 0 aromatic heterocycles. The highest BCUT2D eigenvalue weighted by molar-refractivity contribution is 7.89. The maximum atomic E-state index is 11.8. The average molecular weight is 410 g/mol. The number of halogens is 1. The van der Waals surface area contributed by atoms with Crippen molar-refractivity contribution in [1.29, 1.82) is 0 Å². The minimum atomic E-state index is -3.73. The van der Waals surface area contributed by atoms with Crippen molar-refractivity contribution in [3.05, 3.63) is 74.8 Å². The van der Waals surface area contributed by atoms with E-state index in [1.165, 1.54) is 36.4 Å². The lowest BCUT2D eigenvalue weighted by molar-refractivity contribution is -0.384. The summed E-state index contributed by atoms with van der Waals surface area (Å²) in [5, 5.41) is 18.6. The van der Waals surface area contributed by atoms with Gasteiger partial charge >= 0.3 is 0 Å². The normalized spacial score (nSPS) is 11.5. The first-order chi connectivity index (χ1) is 12.7. The summed E-state index contributed by atoms with van der Waals surface area (Å²) in [6, 6.07) is 10.3. The van der Waals surface area contributed by atoms with E-state index in [9.17, 15) is 23.3 Å². The van der Waals surface area contributed by atoms with Crippen LogP contribution in [0.1, 0.15) is 11.1 Å². The second kappa shape index (κ2) is 8.76. The molecule has 0 fully saturated rings. The first-order valence-electron chi connectivity index (χ1n) is 7.68. The Hall–Kier alpha value is -2.75. The summed E-state index contributed by atoms with van der Waals surface area (Å²) in [5.74, 6) is -0.367. The molecule has 0 bridgehead atoms. The van der Waals surface area contributed by atoms with Crippen LogP contribution in [0, 0.1) is 10.1 Å². The topological polar surface area (TPSA) is 132 Å². The Morgan fingerprint density at radius 1 is 1.22 bits per heavy atom. The number of benzene rings is 2. The van der Waals surface area contributed by atoms with Gasteiger partial charge in [0, 0.05) is 18.7 Å². The van der Waals surface area contributed by atoms with Crippen molar-refractivity contribution in [2.24, 2.45) is 5.14 Å². The van der Waals surface area contributed by atoms with Gasteiger partial charge in [-0.25, -0.2) is 13.6 Å². The number of sulfonamides is 1. The van der Waals surface area contributed by atoms with Gasteiger partial charge in [0.05, 0.1) is 9.82 Å². The molecule has 0 aliphatic heterocycles. The molecule has 2 aromatic rings. The lowest BCUT2D eigenvalue weighted by Crippen LogP contribution is -2.23. The van der Waals surface area contributed by atoms with Gasteiger partial charge in [0.25, 0.3) is 5.69 Å². The number of hydrogen-bond donors (Lipinski definition) is 2. The van der Waals surface area contributed by atoms with Gasteiger partial charge in [-0.05, 0) is 41.8 Å². The number of amides is 1. The number of nitrogens with zero attached hydrogens (tertiary/aromatic N) is 1. The van der Waals surface area contributed by atoms with E-state index >= 15 is 0 Å². The molecule has 0 unspecified atom stereocenters. The van der Waals surface area contributed by atoms with Gasteiger partial charge in [0.1, 0.15) is 5.02 Å². The minimum Gasteiger partial charge on any atom is -0.352 e. The van der Waals surface area contributed by atoms with Crippen LogP contribution in [0.4, 0.5) is 5.69 Å². The number of nitrogens with one attached hydrogen (secondary N) is 1. The molecular weight excluding hydrogens is 394 g/mol. The summed E-state index contributed by atoms with van der Waals surface area (Å²) in [4.78, 5) is 22.1. The van der Waals surface area contributed by atoms with E-state index in [1.54, 1.807) is 18.2 Å². The molecule has 10 heteroatoms. The number of carbonyl (C=O) groups is 1. The van der Waals surface area contributed by atoms with Gasteiger partial charge in [-0.3, -0.25) is 14.9 Å². The molecule has 2 rings (SSSR count). The van der Waals surface area contributed by atoms with Crippen molar-refractivity contribution >= 4 is 39.3 Å². The van der Waals surface area contributed by atoms with Crippen LogP contribution in [-0.2, 0) is 21.2 Å². The summed E-state index contributed by atoms with van der Waals surface area (Å²) in [5.41, 5.74) is 1.07. The lowest BCUT2D eigenvalue weighted by Gasteiger charge is -2.04. The molecule has 0 spiro atoms. The fraction of sp³-hybridized carbons (Fsp3) is 0.118. The van der Waals surface area contributed by atoms with Crippen LogP contribution >= 0.6 is 11.6 Å². The Kier molecular flexibility index (Phi) is 6.67. The van der Waals surface area contributed by atoms with Gasteiger partial charge in [0.15, 0.2) is 0 Å². The lowest BCUT2D eigenvalue weighted by atomic mass is 10.1. The Bertz CT molecular complexity index is 988. The Labute approximate surface area is 160 Å². The van der Waals surface area contributed by atoms with Crippen molar-refractivity contribution < 1.29 is 18.1 Å². The fourth-order valence-electron chi connectivity index (χ4n) is 2.18. The fourth-order valence-corrected chi connectivity index (χ4v) is 2.88. The monoisotopic (exact) mass is 409 g/mol. The Morgan fingerprint density at radius 3 is 2.48 bits per heavy atom. The van der Waals surface area contributed by atoms with Crippen LogP contribution in [0.3, 0.4) is 0 Å². The highest BCUT2D eigenvalue weighted by Gasteiger charge is 2.11. The van der Waals surface area contributed by atoms with Crippen molar-refractivity contribution in [2.75, 3.05) is 6.54 Å². The summed E-state index contributed by atoms with van der Waals surface area (Å²) in [6.07, 6.45) is 3.20. The zero-order valence-electron chi connectivity index (χ0n) is 14.0. The molecule has 0 radical (unpaired) electrons. The van der Waals surface area contributed by atoms with E-state index in [-0.39, 0.29) is 21.5 Å². The highest BCUT2D eigenvalue weighted by Crippen LogP contribution is 2.25. The smallest absolute Gasteiger partial charge is 0.288 e. The summed E-state index contributed by atoms with van der Waals surface area (Å²) < 4.78 is 22.4. The van der Waals surface area contributed by atoms with E-state index in [0.717, 1.165) is 5.56 Å². The van der Waals surface area contributed by atoms with Gasteiger partial charge in [0.2, 0.25) is 15.9 Å². The molecule has 0 aliphatic rings. The molecule has 2 aromatic carbocycles. The maximum absolute atomic E-state index is 11.8. The largest absolute Gasteiger partial charge is 0.352 e. The van der Waals surface area contributed by atoms with Crippen LogP contribution in [0.15, 0.2) is 53.4 Å². The first-order valence-corrected chi connectivity index (χ1v) is 9.61. The Morgan fingerprint density at radius 2 is 1.89 bits per heavy atom. The van der Waals surface area contributed by atoms with Crippen molar-refractivity contribution in [2.45, 2.75) is 11.3 Å². The second-order valence-corrected chi connectivity index (χ2v) is 7.50. The predicted octanol–water partition coefficient (Wildman–Crippen LogP) is 2.27. The molecule has 0 heterocycles. The summed E-state index contributed by atoms with van der Waals surface area (Å²) in [7, 11) is -3.73. The standard InChI is InChI=1S/C17H16ClN3O5S/c18-15-7-3-13(11-16(15)21(23)24)4-8-17(22)20-10-9-12-1-5-14(6-2-12)27(19,25)26/h1-8,11H,9-10H2,(H,20,22)(H2,19,25,26)/b8-4+. The SMILES string of the molecule is NS(=O)(=O)c1ccc(CCNC(=O)/C=C/c2ccc(Cl)c([N+](=O)[O-])c2)cc1. The number of rotatable bonds is 7. The number of nitrogens with two attached hydrogens (primary N) is 1. The quantitative estimate of drug-likeness (QED) is 0.411. The van der Waals surface area contributed by atoms with E-state index in [1.807, 2.05) is 0 Å². The van der Waals surface area contributed by atoms with E-state index in [4.69, 9.17) is 16.7 Å². The number of hydrogen-bond acceptors (Lipinski definition) is 5. The zero-order valence-corrected chi connectivity index (χ0v) is 15.5. The third kappa shape index (κ3) is 6.17. The second-order valence-electron chi connectivity index (χ2n) is 5.53. The predicted molar refractivity (Wildman–Crippen MR) is 102 cm³/mol. The number of nitro groups is 1. The van der Waals surface area contributed by atoms with Crippen LogP contribution in [0.25, 0.3) is 6.08 Å². The highest BCUT2D eigenvalue weighted by atomic mass is 35.5. The van der Waals surface area contributed by atoms with Crippen molar-refractivity contribution in [3.8, 4) is 0 Å². The average Bonchev–Trinajstić information content (AvgIpc) is 2.60. The maximum Gasteiger partial charge on any atom is 0.288 e. The Balaban J connectivity index is 1.88. The zero-order chi connectivity index (χ0) is 20.0. The molecular formula is C17H16ClN3O5S. The molecule has 0 saturated heterocycles. The van der Waals surface area contributed by atoms with Crippen LogP contribution in [0.2, 0.25) is 5.02 Å². The number of primary sulfonamides is 1.